The first-order chi connectivity index (χ1) is 9.81. The fourth-order valence-electron chi connectivity index (χ4n) is 1.50. The molecule has 0 amide bonds. The number of hydrogen-bond donors (Lipinski definition) is 2. The Morgan fingerprint density at radius 3 is 2.62 bits per heavy atom. The van der Waals surface area contributed by atoms with Gasteiger partial charge in [-0.1, -0.05) is 0 Å². The van der Waals surface area contributed by atoms with Crippen molar-refractivity contribution in [2.24, 2.45) is 5.84 Å². The highest BCUT2D eigenvalue weighted by Gasteiger charge is 2.34. The van der Waals surface area contributed by atoms with Gasteiger partial charge >= 0.3 is 6.18 Å². The van der Waals surface area contributed by atoms with Crippen LogP contribution < -0.4 is 16.0 Å². The number of benzene rings is 1. The number of ether oxygens (including phenoxy) is 1. The normalized spacial score (nSPS) is 11.3. The van der Waals surface area contributed by atoms with E-state index in [4.69, 9.17) is 10.6 Å². The van der Waals surface area contributed by atoms with Gasteiger partial charge in [0.05, 0.1) is 5.56 Å². The van der Waals surface area contributed by atoms with Crippen LogP contribution >= 0.6 is 0 Å². The van der Waals surface area contributed by atoms with Gasteiger partial charge in [-0.15, -0.1) is 0 Å². The summed E-state index contributed by atoms with van der Waals surface area (Å²) < 4.78 is 56.3. The monoisotopic (exact) mass is 302 g/mol. The van der Waals surface area contributed by atoms with Crippen molar-refractivity contribution in [2.75, 3.05) is 5.43 Å². The van der Waals surface area contributed by atoms with E-state index in [1.54, 1.807) is 6.92 Å². The molecule has 2 rings (SSSR count). The highest BCUT2D eigenvalue weighted by atomic mass is 19.4. The van der Waals surface area contributed by atoms with Crippen LogP contribution in [0.15, 0.2) is 24.4 Å². The highest BCUT2D eigenvalue weighted by molar-refractivity contribution is 5.38. The number of aryl methyl sites for hydroxylation is 1. The van der Waals surface area contributed by atoms with E-state index in [1.165, 1.54) is 6.20 Å². The minimum Gasteiger partial charge on any atom is -0.439 e. The predicted octanol–water partition coefficient (Wildman–Crippen LogP) is 3.02. The Bertz CT molecular complexity index is 660. The molecule has 1 aromatic carbocycles. The van der Waals surface area contributed by atoms with Gasteiger partial charge in [0.25, 0.3) is 0 Å². The lowest BCUT2D eigenvalue weighted by atomic mass is 10.2. The van der Waals surface area contributed by atoms with Crippen LogP contribution in [0.25, 0.3) is 0 Å². The Kier molecular flexibility index (Phi) is 3.94. The molecule has 112 valence electrons. The number of rotatable bonds is 3. The molecular weight excluding hydrogens is 292 g/mol. The fraction of sp³-hybridized carbons (Fsp3) is 0.167. The molecule has 0 bridgehead atoms. The summed E-state index contributed by atoms with van der Waals surface area (Å²) in [4.78, 5) is 7.66. The molecular formula is C12H10F4N4O. The summed E-state index contributed by atoms with van der Waals surface area (Å²) in [6.07, 6.45) is -3.43. The maximum atomic E-state index is 13.2. The topological polar surface area (TPSA) is 73.1 Å². The molecule has 9 heteroatoms. The van der Waals surface area contributed by atoms with Crippen LogP contribution in [0, 0.1) is 12.7 Å². The van der Waals surface area contributed by atoms with Crippen molar-refractivity contribution in [1.29, 1.82) is 0 Å². The molecule has 0 spiro atoms. The standard InChI is InChI=1S/C12H10F4N4O/c1-6-5-18-11(20-17)19-10(6)21-7-2-3-9(13)8(4-7)12(14,15)16/h2-5H,17H2,1H3,(H,18,19,20). The van der Waals surface area contributed by atoms with Gasteiger partial charge < -0.3 is 4.74 Å². The van der Waals surface area contributed by atoms with Crippen molar-refractivity contribution < 1.29 is 22.3 Å². The van der Waals surface area contributed by atoms with Crippen molar-refractivity contribution in [3.8, 4) is 11.6 Å². The van der Waals surface area contributed by atoms with Crippen molar-refractivity contribution in [1.82, 2.24) is 9.97 Å². The molecule has 0 radical (unpaired) electrons. The van der Waals surface area contributed by atoms with Crippen molar-refractivity contribution in [3.63, 3.8) is 0 Å². The summed E-state index contributed by atoms with van der Waals surface area (Å²) in [5.41, 5.74) is 1.25. The van der Waals surface area contributed by atoms with E-state index in [1.807, 2.05) is 0 Å². The number of aromatic nitrogens is 2. The molecule has 5 nitrogen and oxygen atoms in total. The Morgan fingerprint density at radius 2 is 2.00 bits per heavy atom. The maximum Gasteiger partial charge on any atom is 0.419 e. The van der Waals surface area contributed by atoms with Crippen LogP contribution in [0.5, 0.6) is 11.6 Å². The molecule has 1 aromatic heterocycles. The molecule has 0 aliphatic heterocycles. The highest BCUT2D eigenvalue weighted by Crippen LogP contribution is 2.34. The zero-order valence-electron chi connectivity index (χ0n) is 10.7. The van der Waals surface area contributed by atoms with Crippen LogP contribution in [0.1, 0.15) is 11.1 Å². The lowest BCUT2D eigenvalue weighted by Crippen LogP contribution is -2.11. The minimum atomic E-state index is -4.81. The van der Waals surface area contributed by atoms with Crippen molar-refractivity contribution in [2.45, 2.75) is 13.1 Å². The molecule has 0 saturated carbocycles. The summed E-state index contributed by atoms with van der Waals surface area (Å²) in [7, 11) is 0. The predicted molar refractivity (Wildman–Crippen MR) is 66.1 cm³/mol. The number of hydrazine groups is 1. The van der Waals surface area contributed by atoms with Gasteiger partial charge in [0.2, 0.25) is 11.8 Å². The number of nitrogens with zero attached hydrogens (tertiary/aromatic N) is 2. The summed E-state index contributed by atoms with van der Waals surface area (Å²) in [6.45, 7) is 1.60. The average molecular weight is 302 g/mol. The van der Waals surface area contributed by atoms with Crippen LogP contribution in [-0.2, 0) is 6.18 Å². The van der Waals surface area contributed by atoms with Crippen LogP contribution in [0.2, 0.25) is 0 Å². The van der Waals surface area contributed by atoms with E-state index in [0.29, 0.717) is 17.7 Å². The Balaban J connectivity index is 2.36. The average Bonchev–Trinajstić information content (AvgIpc) is 2.42. The first-order valence-corrected chi connectivity index (χ1v) is 5.66. The van der Waals surface area contributed by atoms with E-state index in [2.05, 4.69) is 15.4 Å². The van der Waals surface area contributed by atoms with Crippen molar-refractivity contribution in [3.05, 3.63) is 41.3 Å². The van der Waals surface area contributed by atoms with E-state index < -0.39 is 17.6 Å². The van der Waals surface area contributed by atoms with E-state index in [-0.39, 0.29) is 17.6 Å². The van der Waals surface area contributed by atoms with Gasteiger partial charge in [-0.2, -0.15) is 18.2 Å². The molecule has 0 unspecified atom stereocenters. The molecule has 0 atom stereocenters. The Labute approximate surface area is 116 Å². The minimum absolute atomic E-state index is 0.0117. The second kappa shape index (κ2) is 5.52. The van der Waals surface area contributed by atoms with Crippen molar-refractivity contribution >= 4 is 5.95 Å². The zero-order valence-corrected chi connectivity index (χ0v) is 10.7. The van der Waals surface area contributed by atoms with Gasteiger partial charge in [0, 0.05) is 11.8 Å². The van der Waals surface area contributed by atoms with E-state index in [0.717, 1.165) is 6.07 Å². The molecule has 2 aromatic rings. The zero-order chi connectivity index (χ0) is 15.6. The maximum absolute atomic E-state index is 13.2. The van der Waals surface area contributed by atoms with Gasteiger partial charge in [0.1, 0.15) is 11.6 Å². The number of alkyl halides is 3. The first kappa shape index (κ1) is 15.0. The number of nitrogens with two attached hydrogens (primary N) is 1. The van der Waals surface area contributed by atoms with E-state index in [9.17, 15) is 17.6 Å². The molecule has 0 aliphatic carbocycles. The van der Waals surface area contributed by atoms with Gasteiger partial charge in [0.15, 0.2) is 0 Å². The lowest BCUT2D eigenvalue weighted by Gasteiger charge is -2.12. The number of anilines is 1. The molecule has 21 heavy (non-hydrogen) atoms. The number of nitrogens with one attached hydrogen (secondary N) is 1. The van der Waals surface area contributed by atoms with Gasteiger partial charge in [-0.05, 0) is 25.1 Å². The number of halogens is 4. The summed E-state index contributed by atoms with van der Waals surface area (Å²) in [5.74, 6) is 3.61. The Hall–Kier alpha value is -2.42. The fourth-order valence-corrected chi connectivity index (χ4v) is 1.50. The quantitative estimate of drug-likeness (QED) is 0.518. The molecule has 3 N–H and O–H groups in total. The third kappa shape index (κ3) is 3.37. The van der Waals surface area contributed by atoms with Gasteiger partial charge in [-0.3, -0.25) is 5.43 Å². The van der Waals surface area contributed by atoms with Gasteiger partial charge in [-0.25, -0.2) is 15.2 Å². The van der Waals surface area contributed by atoms with Crippen LogP contribution in [0.4, 0.5) is 23.5 Å². The largest absolute Gasteiger partial charge is 0.439 e. The molecule has 0 aliphatic rings. The number of hydrogen-bond acceptors (Lipinski definition) is 5. The number of nitrogen functional groups attached to an aromatic ring is 1. The SMILES string of the molecule is Cc1cnc(NN)nc1Oc1ccc(F)c(C(F)(F)F)c1. The lowest BCUT2D eigenvalue weighted by molar-refractivity contribution is -0.140. The molecule has 1 heterocycles. The molecule has 0 fully saturated rings. The third-order valence-corrected chi connectivity index (χ3v) is 2.51. The summed E-state index contributed by atoms with van der Waals surface area (Å²) >= 11 is 0. The third-order valence-electron chi connectivity index (χ3n) is 2.51. The van der Waals surface area contributed by atoms with E-state index >= 15 is 0 Å². The second-order valence-corrected chi connectivity index (χ2v) is 4.07. The Morgan fingerprint density at radius 1 is 1.29 bits per heavy atom. The van der Waals surface area contributed by atoms with Crippen LogP contribution in [-0.4, -0.2) is 9.97 Å². The smallest absolute Gasteiger partial charge is 0.419 e. The first-order valence-electron chi connectivity index (χ1n) is 5.66. The molecule has 0 saturated heterocycles. The summed E-state index contributed by atoms with van der Waals surface area (Å²) in [5, 5.41) is 0. The summed E-state index contributed by atoms with van der Waals surface area (Å²) in [6, 6.07) is 2.31. The van der Waals surface area contributed by atoms with Crippen LogP contribution in [0.3, 0.4) is 0 Å². The second-order valence-electron chi connectivity index (χ2n) is 4.07.